The molecule has 14 nitrogen and oxygen atoms in total. The molecule has 1 fully saturated rings. The van der Waals surface area contributed by atoms with Crippen LogP contribution in [0.5, 0.6) is 0 Å². The molecule has 3 atom stereocenters. The van der Waals surface area contributed by atoms with E-state index in [1.807, 2.05) is 5.40 Å². The Morgan fingerprint density at radius 2 is 1.20 bits per heavy atom. The Labute approximate surface area is 240 Å². The third kappa shape index (κ3) is 11.7. The molecular formula is C26H34N4O10S. The number of thiocyanates is 1. The van der Waals surface area contributed by atoms with Crippen LogP contribution in [0.3, 0.4) is 0 Å². The summed E-state index contributed by atoms with van der Waals surface area (Å²) in [4.78, 5) is 63.2. The molecule has 0 heterocycles. The van der Waals surface area contributed by atoms with Crippen LogP contribution >= 0.6 is 11.8 Å². The summed E-state index contributed by atoms with van der Waals surface area (Å²) in [5.41, 5.74) is 0.701. The lowest BCUT2D eigenvalue weighted by Crippen LogP contribution is -2.59. The Morgan fingerprint density at radius 3 is 1.63 bits per heavy atom. The van der Waals surface area contributed by atoms with E-state index in [-0.39, 0.29) is 13.0 Å². The first kappa shape index (κ1) is 33.5. The summed E-state index contributed by atoms with van der Waals surface area (Å²) in [6.07, 6.45) is 2.39. The monoisotopic (exact) mass is 594 g/mol. The lowest BCUT2D eigenvalue weighted by atomic mass is 9.87. The molecule has 0 amide bonds. The molecule has 5 N–H and O–H groups in total. The van der Waals surface area contributed by atoms with Gasteiger partial charge in [-0.25, -0.2) is 0 Å². The predicted octanol–water partition coefficient (Wildman–Crippen LogP) is 0.811. The summed E-state index contributed by atoms with van der Waals surface area (Å²) in [6.45, 7) is -2.95. The number of hydrogen-bond acceptors (Lipinski definition) is 10. The number of nitrogens with zero attached hydrogens (tertiary/aromatic N) is 4. The summed E-state index contributed by atoms with van der Waals surface area (Å²) < 4.78 is 0. The van der Waals surface area contributed by atoms with Gasteiger partial charge in [0.25, 0.3) is 0 Å². The number of hydrogen-bond donors (Lipinski definition) is 5. The smallest absolute Gasteiger partial charge is 0.317 e. The topological polar surface area (TPSA) is 220 Å². The lowest BCUT2D eigenvalue weighted by Gasteiger charge is -2.45. The quantitative estimate of drug-likeness (QED) is 0.117. The minimum Gasteiger partial charge on any atom is -0.480 e. The molecule has 224 valence electrons. The number of aliphatic carboxylic acids is 5. The molecule has 1 aliphatic rings. The van der Waals surface area contributed by atoms with E-state index in [1.54, 1.807) is 29.2 Å². The Morgan fingerprint density at radius 1 is 0.756 bits per heavy atom. The number of rotatable bonds is 18. The van der Waals surface area contributed by atoms with E-state index in [2.05, 4.69) is 0 Å². The minimum atomic E-state index is -1.27. The zero-order valence-electron chi connectivity index (χ0n) is 22.3. The van der Waals surface area contributed by atoms with Gasteiger partial charge in [0.1, 0.15) is 5.40 Å². The SMILES string of the molecule is N#CSc1ccc(C[C@@H](CN(CC(=O)O)[C@H]2CCCC[C@@H]2N(CC(=O)O)CC(=O)O)N(CC(=O)O)CC(=O)O)cc1. The molecule has 0 spiro atoms. The van der Waals surface area contributed by atoms with Gasteiger partial charge < -0.3 is 25.5 Å². The average Bonchev–Trinajstić information content (AvgIpc) is 2.87. The fourth-order valence-electron chi connectivity index (χ4n) is 5.33. The van der Waals surface area contributed by atoms with Crippen LogP contribution in [-0.2, 0) is 30.4 Å². The van der Waals surface area contributed by atoms with E-state index >= 15 is 0 Å². The van der Waals surface area contributed by atoms with Crippen molar-refractivity contribution in [2.24, 2.45) is 0 Å². The molecule has 0 bridgehead atoms. The van der Waals surface area contributed by atoms with Crippen molar-refractivity contribution in [1.82, 2.24) is 14.7 Å². The first-order valence-electron chi connectivity index (χ1n) is 12.9. The van der Waals surface area contributed by atoms with Crippen molar-refractivity contribution in [3.8, 4) is 5.40 Å². The van der Waals surface area contributed by atoms with Crippen LogP contribution < -0.4 is 0 Å². The molecule has 15 heteroatoms. The molecule has 0 unspecified atom stereocenters. The molecule has 41 heavy (non-hydrogen) atoms. The van der Waals surface area contributed by atoms with Crippen LogP contribution in [0.15, 0.2) is 29.2 Å². The second kappa shape index (κ2) is 16.5. The van der Waals surface area contributed by atoms with Crippen molar-refractivity contribution >= 4 is 41.6 Å². The Kier molecular flexibility index (Phi) is 13.5. The zero-order valence-corrected chi connectivity index (χ0v) is 23.1. The summed E-state index contributed by atoms with van der Waals surface area (Å²) in [5, 5.41) is 58.5. The van der Waals surface area contributed by atoms with Crippen molar-refractivity contribution in [1.29, 1.82) is 5.26 Å². The van der Waals surface area contributed by atoms with Crippen molar-refractivity contribution in [3.05, 3.63) is 29.8 Å². The van der Waals surface area contributed by atoms with Crippen LogP contribution in [0.25, 0.3) is 0 Å². The number of thioether (sulfide) groups is 1. The predicted molar refractivity (Wildman–Crippen MR) is 144 cm³/mol. The number of carboxylic acids is 5. The van der Waals surface area contributed by atoms with E-state index in [4.69, 9.17) is 5.26 Å². The van der Waals surface area contributed by atoms with Crippen LogP contribution in [0.1, 0.15) is 31.2 Å². The van der Waals surface area contributed by atoms with Crippen molar-refractivity contribution in [2.45, 2.75) is 55.1 Å². The summed E-state index contributed by atoms with van der Waals surface area (Å²) in [5.74, 6) is -6.20. The van der Waals surface area contributed by atoms with E-state index in [9.17, 15) is 49.5 Å². The summed E-state index contributed by atoms with van der Waals surface area (Å²) in [7, 11) is 0. The maximum absolute atomic E-state index is 12.0. The maximum Gasteiger partial charge on any atom is 0.317 e. The molecular weight excluding hydrogens is 560 g/mol. The summed E-state index contributed by atoms with van der Waals surface area (Å²) in [6, 6.07) is 4.86. The highest BCUT2D eigenvalue weighted by atomic mass is 32.2. The van der Waals surface area contributed by atoms with Gasteiger partial charge in [-0.1, -0.05) is 25.0 Å². The van der Waals surface area contributed by atoms with Crippen molar-refractivity contribution < 1.29 is 49.5 Å². The Balaban J connectivity index is 2.50. The lowest BCUT2D eigenvalue weighted by molar-refractivity contribution is -0.146. The molecule has 2 rings (SSSR count). The highest BCUT2D eigenvalue weighted by Gasteiger charge is 2.38. The van der Waals surface area contributed by atoms with E-state index < -0.39 is 80.7 Å². The van der Waals surface area contributed by atoms with Gasteiger partial charge in [-0.05, 0) is 48.7 Å². The Hall–Kier alpha value is -3.71. The first-order chi connectivity index (χ1) is 19.4. The third-order valence-corrected chi connectivity index (χ3v) is 7.44. The molecule has 0 radical (unpaired) electrons. The van der Waals surface area contributed by atoms with Gasteiger partial charge in [0.15, 0.2) is 0 Å². The maximum atomic E-state index is 12.0. The molecule has 1 saturated carbocycles. The number of carboxylic acid groups (broad SMARTS) is 5. The molecule has 0 aromatic heterocycles. The van der Waals surface area contributed by atoms with Crippen LogP contribution in [0.4, 0.5) is 0 Å². The van der Waals surface area contributed by atoms with Gasteiger partial charge in [0, 0.05) is 29.6 Å². The molecule has 1 aliphatic carbocycles. The summed E-state index contributed by atoms with van der Waals surface area (Å²) >= 11 is 0.951. The van der Waals surface area contributed by atoms with E-state index in [1.165, 1.54) is 9.80 Å². The largest absolute Gasteiger partial charge is 0.480 e. The van der Waals surface area contributed by atoms with Crippen molar-refractivity contribution in [3.63, 3.8) is 0 Å². The Bertz CT molecular complexity index is 1090. The molecule has 0 aliphatic heterocycles. The minimum absolute atomic E-state index is 0.0727. The highest BCUT2D eigenvalue weighted by molar-refractivity contribution is 8.03. The normalized spacial score (nSPS) is 17.7. The van der Waals surface area contributed by atoms with Gasteiger partial charge >= 0.3 is 29.8 Å². The second-order valence-corrected chi connectivity index (χ2v) is 10.7. The molecule has 1 aromatic carbocycles. The zero-order chi connectivity index (χ0) is 30.5. The van der Waals surface area contributed by atoms with Crippen LogP contribution in [0.2, 0.25) is 0 Å². The standard InChI is InChI=1S/C26H34N4O10S/c27-16-41-19-7-5-17(6-8-19)9-18(28(11-22(31)32)12-23(33)34)10-29(13-24(35)36)20-3-1-2-4-21(20)30(14-25(37)38)15-26(39)40/h5-8,18,20-21H,1-4,9-15H2,(H,31,32)(H,33,34)(H,35,36)(H,37,38)(H,39,40)/t18-,20-,21-/m0/s1. The van der Waals surface area contributed by atoms with E-state index in [0.717, 1.165) is 11.8 Å². The fraction of sp³-hybridized carbons (Fsp3) is 0.538. The number of carbonyl (C=O) groups is 5. The van der Waals surface area contributed by atoms with Gasteiger partial charge in [-0.2, -0.15) is 5.26 Å². The van der Waals surface area contributed by atoms with Crippen LogP contribution in [0, 0.1) is 10.7 Å². The number of benzene rings is 1. The second-order valence-electron chi connectivity index (χ2n) is 9.82. The molecule has 1 aromatic rings. The number of nitriles is 1. The van der Waals surface area contributed by atoms with Crippen molar-refractivity contribution in [2.75, 3.05) is 39.3 Å². The van der Waals surface area contributed by atoms with Gasteiger partial charge in [0.2, 0.25) is 0 Å². The fourth-order valence-corrected chi connectivity index (χ4v) is 5.71. The van der Waals surface area contributed by atoms with Gasteiger partial charge in [0.05, 0.1) is 32.7 Å². The van der Waals surface area contributed by atoms with Gasteiger partial charge in [-0.3, -0.25) is 38.7 Å². The first-order valence-corrected chi connectivity index (χ1v) is 13.7. The average molecular weight is 595 g/mol. The molecule has 0 saturated heterocycles. The van der Waals surface area contributed by atoms with E-state index in [0.29, 0.717) is 36.1 Å². The third-order valence-electron chi connectivity index (χ3n) is 6.84. The van der Waals surface area contributed by atoms with Gasteiger partial charge in [-0.15, -0.1) is 0 Å². The highest BCUT2D eigenvalue weighted by Crippen LogP contribution is 2.29. The van der Waals surface area contributed by atoms with Crippen LogP contribution in [-0.4, -0.2) is 127 Å².